The van der Waals surface area contributed by atoms with Crippen molar-refractivity contribution < 1.29 is 4.79 Å². The monoisotopic (exact) mass is 1270 g/mol. The van der Waals surface area contributed by atoms with Crippen LogP contribution in [0.15, 0.2) is 251 Å². The molecule has 5 aliphatic rings. The van der Waals surface area contributed by atoms with E-state index in [-0.39, 0.29) is 22.0 Å². The summed E-state index contributed by atoms with van der Waals surface area (Å²) >= 11 is 7.10. The van der Waals surface area contributed by atoms with Crippen molar-refractivity contribution in [1.82, 2.24) is 4.90 Å². The number of benzene rings is 13. The summed E-state index contributed by atoms with van der Waals surface area (Å²) in [5, 5.41) is 2.86. The van der Waals surface area contributed by atoms with Crippen molar-refractivity contribution in [3.05, 3.63) is 362 Å². The van der Waals surface area contributed by atoms with Gasteiger partial charge in [0.1, 0.15) is 4.32 Å². The van der Waals surface area contributed by atoms with Crippen molar-refractivity contribution in [3.63, 3.8) is 0 Å². The van der Waals surface area contributed by atoms with Crippen LogP contribution in [-0.2, 0) is 22.0 Å². The highest BCUT2D eigenvalue weighted by Gasteiger charge is 2.54. The fraction of sp³-hybridized carbons (Fsp3) is 0.114. The molecule has 0 bridgehead atoms. The number of carbonyl (C=O) groups excluding carboxylic acids is 1. The van der Waals surface area contributed by atoms with Crippen molar-refractivity contribution in [2.75, 3.05) is 16.3 Å². The summed E-state index contributed by atoms with van der Waals surface area (Å²) in [6.07, 6.45) is 4.53. The van der Waals surface area contributed by atoms with E-state index >= 15 is 0 Å². The van der Waals surface area contributed by atoms with Crippen LogP contribution in [-0.4, -0.2) is 21.7 Å². The van der Waals surface area contributed by atoms with Gasteiger partial charge >= 0.3 is 0 Å². The summed E-state index contributed by atoms with van der Waals surface area (Å²) in [4.78, 5) is 50.5. The lowest BCUT2D eigenvalue weighted by molar-refractivity contribution is -0.122. The number of rotatable bonds is 7. The first-order valence-corrected chi connectivity index (χ1v) is 34.3. The van der Waals surface area contributed by atoms with E-state index in [1.54, 1.807) is 4.90 Å². The van der Waals surface area contributed by atoms with Gasteiger partial charge in [0.15, 0.2) is 10.9 Å². The molecule has 3 heterocycles. The van der Waals surface area contributed by atoms with E-state index in [2.05, 4.69) is 245 Å². The second-order valence-electron chi connectivity index (χ2n) is 26.6. The van der Waals surface area contributed by atoms with Gasteiger partial charge in [-0.3, -0.25) is 19.3 Å². The summed E-state index contributed by atoms with van der Waals surface area (Å²) in [6, 6.07) is 85.7. The maximum atomic E-state index is 14.7. The summed E-state index contributed by atoms with van der Waals surface area (Å²) in [6.45, 7) is 13.6. The SMILES string of the molecule is CCN1C(=O)/C(=C\c2ccc3c(c2)C2(c4ccccc4-c4ccccc42)c2ccccc2N3c2c(C)cc(Cc3cccc4c3-c3ccccc3C43c4ccccc4N(c4c(C)cc(C)cc4C)c4ccc(C=c5c(=O)c6cccc7cccc(c5=O)c76)cc43)cc2C)SC1=S. The maximum Gasteiger partial charge on any atom is 0.266 e. The van der Waals surface area contributed by atoms with Gasteiger partial charge in [-0.2, -0.15) is 0 Å². The second-order valence-corrected chi connectivity index (χ2v) is 28.3. The number of anilines is 6. The molecule has 18 rings (SSSR count). The van der Waals surface area contributed by atoms with Gasteiger partial charge in [0.25, 0.3) is 5.91 Å². The first kappa shape index (κ1) is 57.9. The summed E-state index contributed by atoms with van der Waals surface area (Å²) in [7, 11) is 0. The van der Waals surface area contributed by atoms with Crippen LogP contribution in [0.5, 0.6) is 0 Å². The molecule has 96 heavy (non-hydrogen) atoms. The molecule has 1 saturated heterocycles. The molecule has 460 valence electrons. The molecule has 1 atom stereocenters. The Balaban J connectivity index is 0.813. The highest BCUT2D eigenvalue weighted by molar-refractivity contribution is 8.26. The lowest BCUT2D eigenvalue weighted by atomic mass is 9.64. The zero-order chi connectivity index (χ0) is 65.2. The minimum atomic E-state index is -0.822. The number of hydrogen-bond acceptors (Lipinski definition) is 7. The number of fused-ring (bicyclic) bond motifs is 18. The van der Waals surface area contributed by atoms with Crippen molar-refractivity contribution in [2.45, 2.75) is 58.8 Å². The van der Waals surface area contributed by atoms with Crippen molar-refractivity contribution in [1.29, 1.82) is 0 Å². The lowest BCUT2D eigenvalue weighted by Gasteiger charge is -2.46. The Morgan fingerprint density at radius 2 is 0.885 bits per heavy atom. The number of amides is 1. The molecular weight excluding hydrogens is 1210 g/mol. The number of thiocarbonyl (C=S) groups is 1. The molecule has 0 saturated carbocycles. The third-order valence-electron chi connectivity index (χ3n) is 21.2. The molecule has 2 aliphatic carbocycles. The standard InChI is InChI=1S/C88H63N3O3S2/c1-7-89-85(94)78(96-86(89)95)49-56-38-40-76-72(48-56)87(66-29-11-8-24-60(66)61-25-9-12-30-67(61)87)69-32-14-16-35-74(69)91(76)82-53(5)43-57(44-54(82)6)45-59-23-20-34-71-80(59)62-26-10-13-31-68(62)88(71)70-33-15-17-36-75(70)90(81-51(3)41-50(2)42-52(81)4)77-39-37-55(47-73(77)88)46-65-83(92)63-27-18-21-58-22-19-28-64(79(58)63)84(65)93/h8-44,46-49H,7,45H2,1-6H3/b78-49+. The Morgan fingerprint density at radius 1 is 0.438 bits per heavy atom. The average molecular weight is 1270 g/mol. The van der Waals surface area contributed by atoms with E-state index in [0.717, 1.165) is 83.8 Å². The molecule has 13 aromatic rings. The smallest absolute Gasteiger partial charge is 0.266 e. The number of para-hydroxylation sites is 2. The third-order valence-corrected chi connectivity index (χ3v) is 22.6. The maximum absolute atomic E-state index is 14.7. The van der Waals surface area contributed by atoms with Gasteiger partial charge in [-0.1, -0.05) is 230 Å². The first-order valence-electron chi connectivity index (χ1n) is 33.1. The second kappa shape index (κ2) is 21.4. The quantitative estimate of drug-likeness (QED) is 0.116. The normalized spacial score (nSPS) is 16.3. The molecule has 8 heteroatoms. The molecule has 0 radical (unpaired) electrons. The fourth-order valence-corrected chi connectivity index (χ4v) is 19.2. The number of nitrogens with zero attached hydrogens (tertiary/aromatic N) is 3. The zero-order valence-corrected chi connectivity index (χ0v) is 55.6. The Labute approximate surface area is 567 Å². The molecular formula is C88H63N3O3S2. The van der Waals surface area contributed by atoms with Crippen LogP contribution in [0.25, 0.3) is 56.0 Å². The zero-order valence-electron chi connectivity index (χ0n) is 54.0. The molecule has 1 amide bonds. The first-order chi connectivity index (χ1) is 46.8. The molecule has 3 aliphatic heterocycles. The predicted molar refractivity (Wildman–Crippen MR) is 400 cm³/mol. The van der Waals surface area contributed by atoms with Gasteiger partial charge in [0.05, 0.1) is 55.1 Å². The molecule has 0 aromatic heterocycles. The van der Waals surface area contributed by atoms with E-state index in [4.69, 9.17) is 12.2 Å². The Kier molecular flexibility index (Phi) is 12.9. The minimum Gasteiger partial charge on any atom is -0.309 e. The number of carbonyl (C=O) groups is 1. The van der Waals surface area contributed by atoms with E-state index in [1.165, 1.54) is 89.7 Å². The van der Waals surface area contributed by atoms with Crippen LogP contribution in [0.4, 0.5) is 34.1 Å². The molecule has 1 unspecified atom stereocenters. The minimum absolute atomic E-state index is 0.0548. The van der Waals surface area contributed by atoms with Crippen molar-refractivity contribution >= 4 is 102 Å². The Morgan fingerprint density at radius 3 is 1.43 bits per heavy atom. The van der Waals surface area contributed by atoms with Gasteiger partial charge in [-0.05, 0) is 213 Å². The Bertz CT molecular complexity index is 5710. The van der Waals surface area contributed by atoms with Gasteiger partial charge in [-0.15, -0.1) is 0 Å². The molecule has 6 nitrogen and oxygen atoms in total. The van der Waals surface area contributed by atoms with Crippen LogP contribution >= 0.6 is 24.0 Å². The van der Waals surface area contributed by atoms with Gasteiger partial charge in [-0.25, -0.2) is 0 Å². The molecule has 1 fully saturated rings. The van der Waals surface area contributed by atoms with Gasteiger partial charge in [0.2, 0.25) is 0 Å². The number of hydrogen-bond donors (Lipinski definition) is 0. The van der Waals surface area contributed by atoms with Crippen LogP contribution in [0.3, 0.4) is 0 Å². The predicted octanol–water partition coefficient (Wildman–Crippen LogP) is 19.3. The summed E-state index contributed by atoms with van der Waals surface area (Å²) in [5.41, 5.74) is 28.8. The van der Waals surface area contributed by atoms with E-state index < -0.39 is 10.8 Å². The van der Waals surface area contributed by atoms with Crippen LogP contribution in [0.2, 0.25) is 0 Å². The molecule has 2 spiro atoms. The Hall–Kier alpha value is -10.8. The van der Waals surface area contributed by atoms with Crippen LogP contribution in [0, 0.1) is 34.6 Å². The number of aryl methyl sites for hydroxylation is 5. The van der Waals surface area contributed by atoms with Gasteiger partial charge in [0, 0.05) is 22.7 Å². The topological polar surface area (TPSA) is 60.9 Å². The van der Waals surface area contributed by atoms with E-state index in [9.17, 15) is 14.4 Å². The van der Waals surface area contributed by atoms with Crippen LogP contribution < -0.4 is 25.9 Å². The van der Waals surface area contributed by atoms with E-state index in [0.29, 0.717) is 33.0 Å². The number of thioether (sulfide) groups is 1. The third kappa shape index (κ3) is 7.94. The molecule has 13 aromatic carbocycles. The van der Waals surface area contributed by atoms with Crippen molar-refractivity contribution in [2.24, 2.45) is 0 Å². The summed E-state index contributed by atoms with van der Waals surface area (Å²) < 4.78 is 0.585. The molecule has 0 N–H and O–H groups in total. The summed E-state index contributed by atoms with van der Waals surface area (Å²) in [5.74, 6) is -0.0548. The fourth-order valence-electron chi connectivity index (χ4n) is 17.8. The largest absolute Gasteiger partial charge is 0.309 e. The number of likely N-dealkylation sites (N-methyl/N-ethyl adjacent to an activating group) is 1. The van der Waals surface area contributed by atoms with E-state index in [1.807, 2.05) is 55.5 Å². The van der Waals surface area contributed by atoms with Gasteiger partial charge < -0.3 is 9.80 Å². The lowest BCUT2D eigenvalue weighted by Crippen LogP contribution is -2.39. The van der Waals surface area contributed by atoms with Crippen molar-refractivity contribution in [3.8, 4) is 22.3 Å². The highest BCUT2D eigenvalue weighted by atomic mass is 32.2. The van der Waals surface area contributed by atoms with Crippen LogP contribution in [0.1, 0.15) is 102 Å². The average Bonchev–Trinajstić information content (AvgIpc) is 1.59. The highest BCUT2D eigenvalue weighted by Crippen LogP contribution is 2.66.